The van der Waals surface area contributed by atoms with Gasteiger partial charge in [-0.25, -0.2) is 4.39 Å². The Balaban J connectivity index is 1.98. The number of carbonyl (C=O) groups is 1. The maximum atomic E-state index is 12.9. The van der Waals surface area contributed by atoms with Crippen molar-refractivity contribution in [1.29, 1.82) is 0 Å². The summed E-state index contributed by atoms with van der Waals surface area (Å²) in [5.41, 5.74) is 1.07. The first-order chi connectivity index (χ1) is 10.6. The molecule has 22 heavy (non-hydrogen) atoms. The Morgan fingerprint density at radius 3 is 2.64 bits per heavy atom. The minimum Gasteiger partial charge on any atom is -0.494 e. The lowest BCUT2D eigenvalue weighted by Gasteiger charge is -2.04. The van der Waals surface area contributed by atoms with Gasteiger partial charge in [0.15, 0.2) is 5.78 Å². The SMILES string of the molecule is CCOc1ccc(C(=O)/C=C/Nc2ccc(F)cc2Cl)cc1. The Morgan fingerprint density at radius 1 is 1.27 bits per heavy atom. The number of rotatable bonds is 6. The molecule has 5 heteroatoms. The van der Waals surface area contributed by atoms with E-state index in [0.717, 1.165) is 5.75 Å². The van der Waals surface area contributed by atoms with Gasteiger partial charge in [0.1, 0.15) is 11.6 Å². The summed E-state index contributed by atoms with van der Waals surface area (Å²) in [5.74, 6) is 0.151. The maximum absolute atomic E-state index is 12.9. The zero-order valence-electron chi connectivity index (χ0n) is 12.0. The van der Waals surface area contributed by atoms with Crippen molar-refractivity contribution in [3.05, 3.63) is 71.1 Å². The summed E-state index contributed by atoms with van der Waals surface area (Å²) < 4.78 is 18.2. The lowest BCUT2D eigenvalue weighted by molar-refractivity contribution is 0.104. The van der Waals surface area contributed by atoms with Gasteiger partial charge in [0, 0.05) is 17.8 Å². The molecule has 114 valence electrons. The Bertz CT molecular complexity index is 684. The van der Waals surface area contributed by atoms with E-state index < -0.39 is 5.82 Å². The number of hydrogen-bond acceptors (Lipinski definition) is 3. The van der Waals surface area contributed by atoms with Crippen molar-refractivity contribution < 1.29 is 13.9 Å². The maximum Gasteiger partial charge on any atom is 0.187 e. The third-order valence-electron chi connectivity index (χ3n) is 2.85. The third kappa shape index (κ3) is 4.33. The van der Waals surface area contributed by atoms with Crippen LogP contribution in [0.25, 0.3) is 0 Å². The van der Waals surface area contributed by atoms with E-state index in [1.165, 1.54) is 30.5 Å². The Morgan fingerprint density at radius 2 is 2.00 bits per heavy atom. The van der Waals surface area contributed by atoms with Crippen molar-refractivity contribution in [1.82, 2.24) is 0 Å². The van der Waals surface area contributed by atoms with Crippen LogP contribution in [0.2, 0.25) is 5.02 Å². The summed E-state index contributed by atoms with van der Waals surface area (Å²) in [4.78, 5) is 12.0. The number of carbonyl (C=O) groups excluding carboxylic acids is 1. The van der Waals surface area contributed by atoms with Crippen molar-refractivity contribution in [3.63, 3.8) is 0 Å². The van der Waals surface area contributed by atoms with Gasteiger partial charge in [-0.05, 0) is 49.4 Å². The average molecular weight is 320 g/mol. The second-order valence-corrected chi connectivity index (χ2v) is 4.83. The molecule has 3 nitrogen and oxygen atoms in total. The van der Waals surface area contributed by atoms with Gasteiger partial charge >= 0.3 is 0 Å². The molecule has 0 saturated heterocycles. The lowest BCUT2D eigenvalue weighted by atomic mass is 10.1. The first-order valence-electron chi connectivity index (χ1n) is 6.75. The topological polar surface area (TPSA) is 38.3 Å². The van der Waals surface area contributed by atoms with Crippen molar-refractivity contribution in [3.8, 4) is 5.75 Å². The molecule has 1 N–H and O–H groups in total. The molecule has 2 aromatic rings. The number of nitrogens with one attached hydrogen (secondary N) is 1. The van der Waals surface area contributed by atoms with Crippen LogP contribution in [0, 0.1) is 5.82 Å². The molecule has 0 aliphatic rings. The van der Waals surface area contributed by atoms with Crippen LogP contribution in [-0.2, 0) is 0 Å². The zero-order valence-corrected chi connectivity index (χ0v) is 12.7. The zero-order chi connectivity index (χ0) is 15.9. The molecule has 0 bridgehead atoms. The largest absolute Gasteiger partial charge is 0.494 e. The normalized spacial score (nSPS) is 10.7. The van der Waals surface area contributed by atoms with Gasteiger partial charge in [-0.1, -0.05) is 11.6 Å². The molecule has 0 amide bonds. The van der Waals surface area contributed by atoms with E-state index in [0.29, 0.717) is 17.9 Å². The van der Waals surface area contributed by atoms with Gasteiger partial charge < -0.3 is 10.1 Å². The molecule has 2 rings (SSSR count). The van der Waals surface area contributed by atoms with Crippen LogP contribution >= 0.6 is 11.6 Å². The summed E-state index contributed by atoms with van der Waals surface area (Å²) in [7, 11) is 0. The van der Waals surface area contributed by atoms with Gasteiger partial charge in [0.2, 0.25) is 0 Å². The van der Waals surface area contributed by atoms with Crippen LogP contribution in [-0.4, -0.2) is 12.4 Å². The van der Waals surface area contributed by atoms with Gasteiger partial charge in [-0.2, -0.15) is 0 Å². The molecule has 0 atom stereocenters. The summed E-state index contributed by atoms with van der Waals surface area (Å²) >= 11 is 5.87. The molecule has 0 fully saturated rings. The van der Waals surface area contributed by atoms with Crippen molar-refractivity contribution in [2.45, 2.75) is 6.92 Å². The number of benzene rings is 2. The molecule has 0 heterocycles. The van der Waals surface area contributed by atoms with Crippen LogP contribution in [0.1, 0.15) is 17.3 Å². The number of hydrogen-bond donors (Lipinski definition) is 1. The van der Waals surface area contributed by atoms with E-state index in [1.807, 2.05) is 6.92 Å². The molecule has 0 aliphatic carbocycles. The standard InChI is InChI=1S/C17H15ClFNO2/c1-2-22-14-6-3-12(4-7-14)17(21)9-10-20-16-8-5-13(19)11-15(16)18/h3-11,20H,2H2,1H3/b10-9+. The average Bonchev–Trinajstić information content (AvgIpc) is 2.50. The highest BCUT2D eigenvalue weighted by Gasteiger charge is 2.03. The molecule has 0 saturated carbocycles. The summed E-state index contributed by atoms with van der Waals surface area (Å²) in [5, 5.41) is 3.10. The summed E-state index contributed by atoms with van der Waals surface area (Å²) in [6.45, 7) is 2.48. The monoisotopic (exact) mass is 319 g/mol. The lowest BCUT2D eigenvalue weighted by Crippen LogP contribution is -1.97. The molecule has 0 aromatic heterocycles. The minimum absolute atomic E-state index is 0.159. The number of anilines is 1. The van der Waals surface area contributed by atoms with Gasteiger partial charge in [-0.3, -0.25) is 4.79 Å². The minimum atomic E-state index is -0.412. The number of ketones is 1. The molecule has 0 radical (unpaired) electrons. The highest BCUT2D eigenvalue weighted by Crippen LogP contribution is 2.22. The van der Waals surface area contributed by atoms with Crippen LogP contribution in [0.5, 0.6) is 5.75 Å². The molecule has 2 aromatic carbocycles. The van der Waals surface area contributed by atoms with Crippen molar-refractivity contribution >= 4 is 23.1 Å². The number of ether oxygens (including phenoxy) is 1. The van der Waals surface area contributed by atoms with E-state index in [1.54, 1.807) is 24.3 Å². The van der Waals surface area contributed by atoms with Crippen LogP contribution < -0.4 is 10.1 Å². The van der Waals surface area contributed by atoms with Gasteiger partial charge in [0.25, 0.3) is 0 Å². The van der Waals surface area contributed by atoms with E-state index in [2.05, 4.69) is 5.32 Å². The van der Waals surface area contributed by atoms with Crippen molar-refractivity contribution in [2.24, 2.45) is 0 Å². The smallest absolute Gasteiger partial charge is 0.187 e. The first-order valence-corrected chi connectivity index (χ1v) is 7.13. The summed E-state index contributed by atoms with van der Waals surface area (Å²) in [6, 6.07) is 10.9. The molecular weight excluding hydrogens is 305 g/mol. The number of allylic oxidation sites excluding steroid dienone is 1. The van der Waals surface area contributed by atoms with E-state index in [9.17, 15) is 9.18 Å². The fourth-order valence-electron chi connectivity index (χ4n) is 1.79. The van der Waals surface area contributed by atoms with Crippen LogP contribution in [0.4, 0.5) is 10.1 Å². The number of halogens is 2. The predicted molar refractivity (Wildman–Crippen MR) is 86.1 cm³/mol. The van der Waals surface area contributed by atoms with E-state index in [4.69, 9.17) is 16.3 Å². The fraction of sp³-hybridized carbons (Fsp3) is 0.118. The quantitative estimate of drug-likeness (QED) is 0.620. The molecule has 0 aliphatic heterocycles. The van der Waals surface area contributed by atoms with E-state index >= 15 is 0 Å². The van der Waals surface area contributed by atoms with E-state index in [-0.39, 0.29) is 10.8 Å². The fourth-order valence-corrected chi connectivity index (χ4v) is 2.01. The summed E-state index contributed by atoms with van der Waals surface area (Å²) in [6.07, 6.45) is 2.85. The highest BCUT2D eigenvalue weighted by atomic mass is 35.5. The highest BCUT2D eigenvalue weighted by molar-refractivity contribution is 6.33. The van der Waals surface area contributed by atoms with Gasteiger partial charge in [0.05, 0.1) is 17.3 Å². The second-order valence-electron chi connectivity index (χ2n) is 4.42. The first kappa shape index (κ1) is 16.0. The Kier molecular flexibility index (Phi) is 5.55. The van der Waals surface area contributed by atoms with Crippen LogP contribution in [0.3, 0.4) is 0 Å². The Hall–Kier alpha value is -2.33. The molecule has 0 spiro atoms. The van der Waals surface area contributed by atoms with Gasteiger partial charge in [-0.15, -0.1) is 0 Å². The van der Waals surface area contributed by atoms with Crippen molar-refractivity contribution in [2.75, 3.05) is 11.9 Å². The third-order valence-corrected chi connectivity index (χ3v) is 3.17. The predicted octanol–water partition coefficient (Wildman–Crippen LogP) is 4.69. The Labute approximate surface area is 133 Å². The molecule has 0 unspecified atom stereocenters. The second kappa shape index (κ2) is 7.61. The molecular formula is C17H15ClFNO2. The van der Waals surface area contributed by atoms with Crippen LogP contribution in [0.15, 0.2) is 54.7 Å².